The summed E-state index contributed by atoms with van der Waals surface area (Å²) in [6.45, 7) is 4.82. The third-order valence-corrected chi connectivity index (χ3v) is 3.31. The van der Waals surface area contributed by atoms with Crippen molar-refractivity contribution >= 4 is 0 Å². The average molecular weight is 239 g/mol. The standard InChI is InChI=1S/C6H12IN2/c1-5(8)9-4-6(9)3-7-2/h6H,1,3-4,8H2,2H3/q-1. The van der Waals surface area contributed by atoms with Crippen molar-refractivity contribution in [1.29, 1.82) is 0 Å². The molecule has 0 bridgehead atoms. The van der Waals surface area contributed by atoms with Crippen LogP contribution in [0.15, 0.2) is 12.4 Å². The summed E-state index contributed by atoms with van der Waals surface area (Å²) in [5.41, 5.74) is 5.46. The normalized spacial score (nSPS) is 24.6. The van der Waals surface area contributed by atoms with Gasteiger partial charge < -0.3 is 0 Å². The zero-order valence-electron chi connectivity index (χ0n) is 5.60. The molecular formula is C6H12IN2-. The van der Waals surface area contributed by atoms with E-state index in [2.05, 4.69) is 16.4 Å². The van der Waals surface area contributed by atoms with Gasteiger partial charge in [0, 0.05) is 0 Å². The summed E-state index contributed by atoms with van der Waals surface area (Å²) in [6.07, 6.45) is 0. The van der Waals surface area contributed by atoms with E-state index in [0.717, 1.165) is 18.4 Å². The molecule has 0 aromatic carbocycles. The molecule has 0 amide bonds. The van der Waals surface area contributed by atoms with Gasteiger partial charge >= 0.3 is 66.2 Å². The number of nitrogens with zero attached hydrogens (tertiary/aromatic N) is 1. The molecule has 1 fully saturated rings. The Hall–Kier alpha value is 0.0700. The molecule has 9 heavy (non-hydrogen) atoms. The van der Waals surface area contributed by atoms with Crippen molar-refractivity contribution in [2.24, 2.45) is 5.73 Å². The average Bonchev–Trinajstić information content (AvgIpc) is 2.47. The van der Waals surface area contributed by atoms with Crippen LogP contribution >= 0.6 is 0 Å². The Kier molecular flexibility index (Phi) is 2.21. The van der Waals surface area contributed by atoms with Crippen molar-refractivity contribution < 1.29 is 21.2 Å². The number of hydrogen-bond acceptors (Lipinski definition) is 2. The molecule has 2 N–H and O–H groups in total. The Morgan fingerprint density at radius 2 is 2.67 bits per heavy atom. The number of halogens is 1. The van der Waals surface area contributed by atoms with Gasteiger partial charge in [-0.05, 0) is 0 Å². The van der Waals surface area contributed by atoms with Crippen LogP contribution in [0.25, 0.3) is 0 Å². The Morgan fingerprint density at radius 1 is 2.00 bits per heavy atom. The van der Waals surface area contributed by atoms with Crippen LogP contribution in [0.5, 0.6) is 0 Å². The summed E-state index contributed by atoms with van der Waals surface area (Å²) in [5, 5.41) is 0. The maximum atomic E-state index is 5.46. The predicted molar refractivity (Wildman–Crippen MR) is 34.6 cm³/mol. The minimum atomic E-state index is 0.439. The van der Waals surface area contributed by atoms with E-state index in [4.69, 9.17) is 5.73 Å². The van der Waals surface area contributed by atoms with E-state index < -0.39 is 0 Å². The molecule has 1 saturated heterocycles. The van der Waals surface area contributed by atoms with Gasteiger partial charge in [0.1, 0.15) is 0 Å². The van der Waals surface area contributed by atoms with E-state index >= 15 is 0 Å². The first-order valence-electron chi connectivity index (χ1n) is 2.90. The summed E-state index contributed by atoms with van der Waals surface area (Å²) >= 11 is 0.439. The molecule has 2 nitrogen and oxygen atoms in total. The minimum absolute atomic E-state index is 0.439. The Morgan fingerprint density at radius 3 is 3.00 bits per heavy atom. The molecule has 1 rings (SSSR count). The summed E-state index contributed by atoms with van der Waals surface area (Å²) < 4.78 is 1.37. The van der Waals surface area contributed by atoms with Gasteiger partial charge in [0.15, 0.2) is 0 Å². The zero-order chi connectivity index (χ0) is 6.85. The van der Waals surface area contributed by atoms with Crippen molar-refractivity contribution in [1.82, 2.24) is 4.90 Å². The topological polar surface area (TPSA) is 29.0 Å². The van der Waals surface area contributed by atoms with Crippen molar-refractivity contribution in [2.75, 3.05) is 15.9 Å². The summed E-state index contributed by atoms with van der Waals surface area (Å²) in [5.74, 6) is 0.748. The molecule has 0 aliphatic carbocycles. The summed E-state index contributed by atoms with van der Waals surface area (Å²) in [6, 6.07) is 0.764. The Labute approximate surface area is 66.4 Å². The molecule has 0 radical (unpaired) electrons. The molecule has 1 atom stereocenters. The predicted octanol–water partition coefficient (Wildman–Crippen LogP) is -3.18. The molecule has 0 saturated carbocycles. The number of nitrogens with two attached hydrogens (primary N) is 1. The van der Waals surface area contributed by atoms with Gasteiger partial charge in [0.2, 0.25) is 0 Å². The third kappa shape index (κ3) is 1.74. The van der Waals surface area contributed by atoms with Gasteiger partial charge in [-0.2, -0.15) is 0 Å². The Bertz CT molecular complexity index is 124. The SMILES string of the molecule is C=C(N)N1CC1C[I-]C. The van der Waals surface area contributed by atoms with Gasteiger partial charge in [-0.3, -0.25) is 0 Å². The molecule has 0 aromatic heterocycles. The molecule has 3 heteroatoms. The fourth-order valence-corrected chi connectivity index (χ4v) is 2.61. The van der Waals surface area contributed by atoms with Crippen molar-refractivity contribution in [3.63, 3.8) is 0 Å². The van der Waals surface area contributed by atoms with Crippen LogP contribution in [0.4, 0.5) is 0 Å². The molecule has 1 aliphatic heterocycles. The van der Waals surface area contributed by atoms with Gasteiger partial charge in [-0.1, -0.05) is 0 Å². The van der Waals surface area contributed by atoms with E-state index in [9.17, 15) is 0 Å². The second kappa shape index (κ2) is 2.77. The van der Waals surface area contributed by atoms with Crippen LogP contribution in [-0.4, -0.2) is 26.8 Å². The zero-order valence-corrected chi connectivity index (χ0v) is 7.76. The first-order valence-corrected chi connectivity index (χ1v) is 6.59. The first kappa shape index (κ1) is 7.18. The number of alkyl halides is 2. The van der Waals surface area contributed by atoms with E-state index in [1.165, 1.54) is 4.43 Å². The van der Waals surface area contributed by atoms with Crippen LogP contribution in [-0.2, 0) is 0 Å². The fourth-order valence-electron chi connectivity index (χ4n) is 0.842. The monoisotopic (exact) mass is 239 g/mol. The summed E-state index contributed by atoms with van der Waals surface area (Å²) in [4.78, 5) is 4.46. The molecule has 1 heterocycles. The Balaban J connectivity index is 2.17. The molecule has 1 aliphatic rings. The van der Waals surface area contributed by atoms with Gasteiger partial charge in [-0.15, -0.1) is 0 Å². The molecule has 0 spiro atoms. The molecule has 1 unspecified atom stereocenters. The van der Waals surface area contributed by atoms with Gasteiger partial charge in [0.05, 0.1) is 0 Å². The molecule has 0 aromatic rings. The number of rotatable bonds is 3. The van der Waals surface area contributed by atoms with Crippen LogP contribution in [0.2, 0.25) is 0 Å². The van der Waals surface area contributed by atoms with Crippen LogP contribution in [0.3, 0.4) is 0 Å². The second-order valence-electron chi connectivity index (χ2n) is 2.22. The third-order valence-electron chi connectivity index (χ3n) is 1.42. The van der Waals surface area contributed by atoms with E-state index in [1.54, 1.807) is 0 Å². The van der Waals surface area contributed by atoms with E-state index in [1.807, 2.05) is 0 Å². The summed E-state index contributed by atoms with van der Waals surface area (Å²) in [7, 11) is 0. The first-order chi connectivity index (χ1) is 4.25. The van der Waals surface area contributed by atoms with Crippen molar-refractivity contribution in [3.8, 4) is 0 Å². The van der Waals surface area contributed by atoms with Crippen LogP contribution in [0.1, 0.15) is 0 Å². The van der Waals surface area contributed by atoms with E-state index in [-0.39, 0.29) is 0 Å². The maximum absolute atomic E-state index is 5.46. The second-order valence-corrected chi connectivity index (χ2v) is 4.63. The van der Waals surface area contributed by atoms with E-state index in [0.29, 0.717) is 21.2 Å². The van der Waals surface area contributed by atoms with Crippen molar-refractivity contribution in [2.45, 2.75) is 6.04 Å². The molecule has 54 valence electrons. The van der Waals surface area contributed by atoms with Crippen LogP contribution < -0.4 is 26.9 Å². The van der Waals surface area contributed by atoms with Gasteiger partial charge in [-0.25, -0.2) is 0 Å². The quantitative estimate of drug-likeness (QED) is 0.319. The van der Waals surface area contributed by atoms with Gasteiger partial charge in [0.25, 0.3) is 0 Å². The fraction of sp³-hybridized carbons (Fsp3) is 0.667. The van der Waals surface area contributed by atoms with Crippen molar-refractivity contribution in [3.05, 3.63) is 12.4 Å². The molecular weight excluding hydrogens is 227 g/mol. The van der Waals surface area contributed by atoms with Crippen LogP contribution in [0, 0.1) is 0 Å². The number of hydrogen-bond donors (Lipinski definition) is 1.